The van der Waals surface area contributed by atoms with E-state index in [1.165, 1.54) is 24.3 Å². The summed E-state index contributed by atoms with van der Waals surface area (Å²) in [5.74, 6) is -0.284. The third-order valence-electron chi connectivity index (χ3n) is 4.25. The van der Waals surface area contributed by atoms with Crippen LogP contribution in [0.3, 0.4) is 0 Å². The van der Waals surface area contributed by atoms with E-state index in [-0.39, 0.29) is 40.5 Å². The number of sulfonamides is 1. The standard InChI is InChI=1S/C18H20ClN3O3S.ClH/c19-13-8-9-17(21-26(24,25)15-6-2-1-3-7-15)16(11-13)18(23)22-10-4-5-14(20)12-22;/h1-3,6-9,11,14,21H,4-5,10,12,20H2;1H. The molecule has 2 aromatic rings. The van der Waals surface area contributed by atoms with Crippen LogP contribution in [0.5, 0.6) is 0 Å². The molecule has 2 aromatic carbocycles. The summed E-state index contributed by atoms with van der Waals surface area (Å²) in [7, 11) is -3.81. The van der Waals surface area contributed by atoms with Crippen molar-refractivity contribution in [2.75, 3.05) is 17.8 Å². The quantitative estimate of drug-likeness (QED) is 0.780. The predicted molar refractivity (Wildman–Crippen MR) is 109 cm³/mol. The van der Waals surface area contributed by atoms with Crippen LogP contribution in [0.2, 0.25) is 5.02 Å². The summed E-state index contributed by atoms with van der Waals surface area (Å²) in [4.78, 5) is 14.7. The van der Waals surface area contributed by atoms with E-state index >= 15 is 0 Å². The van der Waals surface area contributed by atoms with Gasteiger partial charge in [-0.2, -0.15) is 0 Å². The fourth-order valence-electron chi connectivity index (χ4n) is 2.95. The number of piperidine rings is 1. The summed E-state index contributed by atoms with van der Waals surface area (Å²) in [6.07, 6.45) is 1.69. The number of nitrogens with zero attached hydrogens (tertiary/aromatic N) is 1. The molecule has 0 spiro atoms. The number of carbonyl (C=O) groups excluding carboxylic acids is 1. The Morgan fingerprint density at radius 2 is 1.89 bits per heavy atom. The summed E-state index contributed by atoms with van der Waals surface area (Å²) in [5, 5.41) is 0.359. The molecule has 3 rings (SSSR count). The van der Waals surface area contributed by atoms with Crippen molar-refractivity contribution in [1.82, 2.24) is 4.90 Å². The van der Waals surface area contributed by atoms with Crippen molar-refractivity contribution in [3.63, 3.8) is 0 Å². The molecule has 0 aromatic heterocycles. The van der Waals surface area contributed by atoms with Crippen molar-refractivity contribution in [2.45, 2.75) is 23.8 Å². The summed E-state index contributed by atoms with van der Waals surface area (Å²) >= 11 is 6.04. The predicted octanol–water partition coefficient (Wildman–Crippen LogP) is 3.13. The maximum atomic E-state index is 12.9. The second-order valence-electron chi connectivity index (χ2n) is 6.26. The van der Waals surface area contributed by atoms with Gasteiger partial charge in [-0.1, -0.05) is 29.8 Å². The number of likely N-dealkylation sites (tertiary alicyclic amines) is 1. The summed E-state index contributed by atoms with van der Waals surface area (Å²) < 4.78 is 27.7. The first-order chi connectivity index (χ1) is 12.4. The highest BCUT2D eigenvalue weighted by molar-refractivity contribution is 7.92. The number of nitrogens with two attached hydrogens (primary N) is 1. The minimum Gasteiger partial charge on any atom is -0.337 e. The van der Waals surface area contributed by atoms with Crippen LogP contribution < -0.4 is 10.5 Å². The Morgan fingerprint density at radius 1 is 1.19 bits per heavy atom. The summed E-state index contributed by atoms with van der Waals surface area (Å²) in [6, 6.07) is 12.4. The molecule has 1 unspecified atom stereocenters. The third-order valence-corrected chi connectivity index (χ3v) is 5.87. The smallest absolute Gasteiger partial charge is 0.261 e. The van der Waals surface area contributed by atoms with Crippen LogP contribution in [0, 0.1) is 0 Å². The number of rotatable bonds is 4. The van der Waals surface area contributed by atoms with E-state index in [0.717, 1.165) is 12.8 Å². The second-order valence-corrected chi connectivity index (χ2v) is 8.38. The van der Waals surface area contributed by atoms with E-state index < -0.39 is 10.0 Å². The Morgan fingerprint density at radius 3 is 2.56 bits per heavy atom. The molecule has 146 valence electrons. The number of halogens is 2. The van der Waals surface area contributed by atoms with E-state index in [0.29, 0.717) is 18.1 Å². The molecule has 3 N–H and O–H groups in total. The molecule has 0 radical (unpaired) electrons. The Bertz CT molecular complexity index is 907. The van der Waals surface area contributed by atoms with Crippen LogP contribution in [0.1, 0.15) is 23.2 Å². The van der Waals surface area contributed by atoms with Gasteiger partial charge in [-0.15, -0.1) is 12.4 Å². The highest BCUT2D eigenvalue weighted by Gasteiger charge is 2.26. The van der Waals surface area contributed by atoms with E-state index in [2.05, 4.69) is 4.72 Å². The minimum absolute atomic E-state index is 0. The highest BCUT2D eigenvalue weighted by atomic mass is 35.5. The lowest BCUT2D eigenvalue weighted by Crippen LogP contribution is -2.45. The average molecular weight is 430 g/mol. The maximum Gasteiger partial charge on any atom is 0.261 e. The summed E-state index contributed by atoms with van der Waals surface area (Å²) in [5.41, 5.74) is 6.37. The molecule has 1 atom stereocenters. The van der Waals surface area contributed by atoms with Gasteiger partial charge in [-0.3, -0.25) is 9.52 Å². The monoisotopic (exact) mass is 429 g/mol. The molecule has 1 fully saturated rings. The number of anilines is 1. The van der Waals surface area contributed by atoms with Gasteiger partial charge in [0.05, 0.1) is 16.1 Å². The van der Waals surface area contributed by atoms with Crippen molar-refractivity contribution in [2.24, 2.45) is 5.73 Å². The zero-order valence-electron chi connectivity index (χ0n) is 14.5. The SMILES string of the molecule is Cl.NC1CCCN(C(=O)c2cc(Cl)ccc2NS(=O)(=O)c2ccccc2)C1. The van der Waals surface area contributed by atoms with Gasteiger partial charge in [0.25, 0.3) is 15.9 Å². The minimum atomic E-state index is -3.81. The van der Waals surface area contributed by atoms with Crippen molar-refractivity contribution >= 4 is 45.6 Å². The molecule has 9 heteroatoms. The highest BCUT2D eigenvalue weighted by Crippen LogP contribution is 2.26. The zero-order chi connectivity index (χ0) is 18.7. The lowest BCUT2D eigenvalue weighted by molar-refractivity contribution is 0.0710. The number of carbonyl (C=O) groups is 1. The number of hydrogen-bond donors (Lipinski definition) is 2. The van der Waals surface area contributed by atoms with Crippen LogP contribution in [0.25, 0.3) is 0 Å². The molecule has 1 aliphatic rings. The molecule has 0 bridgehead atoms. The fourth-order valence-corrected chi connectivity index (χ4v) is 4.22. The van der Waals surface area contributed by atoms with Gasteiger partial charge in [0.1, 0.15) is 0 Å². The van der Waals surface area contributed by atoms with Crippen LogP contribution in [-0.2, 0) is 10.0 Å². The van der Waals surface area contributed by atoms with E-state index in [1.54, 1.807) is 29.2 Å². The Labute approximate surface area is 170 Å². The molecule has 1 heterocycles. The first-order valence-electron chi connectivity index (χ1n) is 8.29. The molecule has 0 aliphatic carbocycles. The number of benzene rings is 2. The van der Waals surface area contributed by atoms with Crippen molar-refractivity contribution < 1.29 is 13.2 Å². The van der Waals surface area contributed by atoms with Gasteiger partial charge >= 0.3 is 0 Å². The Kier molecular flexibility index (Phi) is 7.11. The second kappa shape index (κ2) is 8.93. The zero-order valence-corrected chi connectivity index (χ0v) is 16.9. The molecular formula is C18H21Cl2N3O3S. The Hall–Kier alpha value is -1.80. The van der Waals surface area contributed by atoms with E-state index in [4.69, 9.17) is 17.3 Å². The van der Waals surface area contributed by atoms with Gasteiger partial charge in [-0.25, -0.2) is 8.42 Å². The van der Waals surface area contributed by atoms with E-state index in [1.807, 2.05) is 0 Å². The normalized spacial score (nSPS) is 17.1. The molecule has 1 amide bonds. The van der Waals surface area contributed by atoms with Crippen molar-refractivity contribution in [1.29, 1.82) is 0 Å². The van der Waals surface area contributed by atoms with E-state index in [9.17, 15) is 13.2 Å². The van der Waals surface area contributed by atoms with Gasteiger partial charge in [-0.05, 0) is 43.2 Å². The molecule has 27 heavy (non-hydrogen) atoms. The molecule has 6 nitrogen and oxygen atoms in total. The van der Waals surface area contributed by atoms with Gasteiger partial charge in [0.2, 0.25) is 0 Å². The van der Waals surface area contributed by atoms with Crippen molar-refractivity contribution in [3.05, 3.63) is 59.1 Å². The third kappa shape index (κ3) is 5.13. The van der Waals surface area contributed by atoms with Crippen LogP contribution in [-0.4, -0.2) is 38.4 Å². The number of hydrogen-bond acceptors (Lipinski definition) is 4. The fraction of sp³-hybridized carbons (Fsp3) is 0.278. The molecule has 1 saturated heterocycles. The Balaban J connectivity index is 0.00000261. The lowest BCUT2D eigenvalue weighted by Gasteiger charge is -2.31. The summed E-state index contributed by atoms with van der Waals surface area (Å²) in [6.45, 7) is 1.03. The maximum absolute atomic E-state index is 12.9. The van der Waals surface area contributed by atoms with Gasteiger partial charge in [0.15, 0.2) is 0 Å². The van der Waals surface area contributed by atoms with Crippen LogP contribution in [0.4, 0.5) is 5.69 Å². The van der Waals surface area contributed by atoms with Crippen molar-refractivity contribution in [3.8, 4) is 0 Å². The average Bonchev–Trinajstić information content (AvgIpc) is 2.63. The van der Waals surface area contributed by atoms with Gasteiger partial charge < -0.3 is 10.6 Å². The van der Waals surface area contributed by atoms with Crippen LogP contribution >= 0.6 is 24.0 Å². The number of amides is 1. The number of nitrogens with one attached hydrogen (secondary N) is 1. The first kappa shape index (κ1) is 21.5. The molecule has 0 saturated carbocycles. The lowest BCUT2D eigenvalue weighted by atomic mass is 10.0. The van der Waals surface area contributed by atoms with Gasteiger partial charge in [0, 0.05) is 24.2 Å². The largest absolute Gasteiger partial charge is 0.337 e. The van der Waals surface area contributed by atoms with Crippen LogP contribution in [0.15, 0.2) is 53.4 Å². The molecular weight excluding hydrogens is 409 g/mol. The first-order valence-corrected chi connectivity index (χ1v) is 10.2. The topological polar surface area (TPSA) is 92.5 Å². The molecule has 1 aliphatic heterocycles.